The van der Waals surface area contributed by atoms with Crippen molar-refractivity contribution in [2.45, 2.75) is 30.7 Å². The molecule has 0 aliphatic carbocycles. The van der Waals surface area contributed by atoms with Crippen LogP contribution in [-0.4, -0.2) is 28.7 Å². The highest BCUT2D eigenvalue weighted by molar-refractivity contribution is 7.89. The highest BCUT2D eigenvalue weighted by Crippen LogP contribution is 2.31. The van der Waals surface area contributed by atoms with Gasteiger partial charge in [0.1, 0.15) is 10.7 Å². The molecule has 0 aliphatic rings. The molecule has 0 unspecified atom stereocenters. The van der Waals surface area contributed by atoms with Crippen molar-refractivity contribution in [3.8, 4) is 11.5 Å². The van der Waals surface area contributed by atoms with Gasteiger partial charge in [0.25, 0.3) is 0 Å². The molecular weight excluding hydrogens is 345 g/mol. The van der Waals surface area contributed by atoms with E-state index in [2.05, 4.69) is 4.72 Å². The van der Waals surface area contributed by atoms with Gasteiger partial charge in [-0.2, -0.15) is 0 Å². The number of methoxy groups -OCH3 is 2. The molecule has 0 radical (unpaired) electrons. The second-order valence-corrected chi connectivity index (χ2v) is 7.37. The molecule has 0 fully saturated rings. The van der Waals surface area contributed by atoms with Crippen molar-refractivity contribution < 1.29 is 22.3 Å². The van der Waals surface area contributed by atoms with Crippen molar-refractivity contribution in [3.63, 3.8) is 0 Å². The molecule has 5 nitrogen and oxygen atoms in total. The minimum atomic E-state index is -4.01. The van der Waals surface area contributed by atoms with Gasteiger partial charge < -0.3 is 9.47 Å². The zero-order valence-corrected chi connectivity index (χ0v) is 15.3. The quantitative estimate of drug-likeness (QED) is 0.778. The molecule has 7 heteroatoms. The van der Waals surface area contributed by atoms with Crippen LogP contribution in [0.2, 0.25) is 0 Å². The van der Waals surface area contributed by atoms with Crippen LogP contribution in [-0.2, 0) is 16.4 Å². The zero-order valence-electron chi connectivity index (χ0n) is 14.5. The SMILES string of the molecule is COc1cc(F)c(S(=O)(=O)N[C@H](C)CCc2ccccc2)cc1OC. The Bertz CT molecular complexity index is 809. The van der Waals surface area contributed by atoms with Crippen LogP contribution in [0.5, 0.6) is 11.5 Å². The predicted molar refractivity (Wildman–Crippen MR) is 94.1 cm³/mol. The predicted octanol–water partition coefficient (Wildman–Crippen LogP) is 3.14. The van der Waals surface area contributed by atoms with Crippen molar-refractivity contribution in [2.24, 2.45) is 0 Å². The molecule has 0 saturated carbocycles. The molecule has 0 heterocycles. The van der Waals surface area contributed by atoms with Gasteiger partial charge in [-0.05, 0) is 25.3 Å². The Hall–Kier alpha value is -2.12. The molecule has 0 saturated heterocycles. The van der Waals surface area contributed by atoms with Crippen LogP contribution in [0.1, 0.15) is 18.9 Å². The molecule has 1 atom stereocenters. The fourth-order valence-electron chi connectivity index (χ4n) is 2.46. The molecule has 0 amide bonds. The monoisotopic (exact) mass is 367 g/mol. The van der Waals surface area contributed by atoms with Crippen molar-refractivity contribution in [1.82, 2.24) is 4.72 Å². The van der Waals surface area contributed by atoms with Gasteiger partial charge in [-0.1, -0.05) is 30.3 Å². The first-order valence-corrected chi connectivity index (χ1v) is 9.33. The number of nitrogens with one attached hydrogen (secondary N) is 1. The molecule has 1 N–H and O–H groups in total. The lowest BCUT2D eigenvalue weighted by atomic mass is 10.1. The molecule has 2 aromatic carbocycles. The summed E-state index contributed by atoms with van der Waals surface area (Å²) in [6, 6.07) is 11.5. The maximum Gasteiger partial charge on any atom is 0.243 e. The van der Waals surface area contributed by atoms with E-state index in [-0.39, 0.29) is 17.5 Å². The highest BCUT2D eigenvalue weighted by Gasteiger charge is 2.24. The van der Waals surface area contributed by atoms with Crippen LogP contribution < -0.4 is 14.2 Å². The van der Waals surface area contributed by atoms with E-state index in [1.807, 2.05) is 30.3 Å². The minimum Gasteiger partial charge on any atom is -0.493 e. The van der Waals surface area contributed by atoms with E-state index >= 15 is 0 Å². The first-order valence-electron chi connectivity index (χ1n) is 7.85. The summed E-state index contributed by atoms with van der Waals surface area (Å²) in [6.07, 6.45) is 1.32. The number of benzene rings is 2. The van der Waals surface area contributed by atoms with E-state index in [9.17, 15) is 12.8 Å². The Morgan fingerprint density at radius 2 is 1.68 bits per heavy atom. The minimum absolute atomic E-state index is 0.135. The Kier molecular flexibility index (Phi) is 6.39. The Balaban J connectivity index is 2.13. The number of sulfonamides is 1. The molecule has 0 bridgehead atoms. The number of aryl methyl sites for hydroxylation is 1. The molecule has 2 aromatic rings. The largest absolute Gasteiger partial charge is 0.493 e. The normalized spacial score (nSPS) is 12.6. The lowest BCUT2D eigenvalue weighted by Gasteiger charge is -2.16. The van der Waals surface area contributed by atoms with Crippen LogP contribution in [0.25, 0.3) is 0 Å². The second-order valence-electron chi connectivity index (χ2n) is 5.68. The molecule has 136 valence electrons. The van der Waals surface area contributed by atoms with Crippen molar-refractivity contribution in [2.75, 3.05) is 14.2 Å². The van der Waals surface area contributed by atoms with Gasteiger partial charge >= 0.3 is 0 Å². The Morgan fingerprint density at radius 3 is 2.28 bits per heavy atom. The third-order valence-electron chi connectivity index (χ3n) is 3.79. The fourth-order valence-corrected chi connectivity index (χ4v) is 3.81. The second kappa shape index (κ2) is 8.31. The molecule has 0 aromatic heterocycles. The Labute approximate surface area is 147 Å². The third kappa shape index (κ3) is 4.93. The molecule has 0 aliphatic heterocycles. The first-order chi connectivity index (χ1) is 11.9. The summed E-state index contributed by atoms with van der Waals surface area (Å²) in [5.74, 6) is -0.599. The number of hydrogen-bond acceptors (Lipinski definition) is 4. The van der Waals surface area contributed by atoms with Crippen LogP contribution in [0, 0.1) is 5.82 Å². The van der Waals surface area contributed by atoms with E-state index in [0.717, 1.165) is 24.1 Å². The average molecular weight is 367 g/mol. The highest BCUT2D eigenvalue weighted by atomic mass is 32.2. The standard InChI is InChI=1S/C18H22FNO4S/c1-13(9-10-14-7-5-4-6-8-14)20-25(21,22)18-12-17(24-3)16(23-2)11-15(18)19/h4-8,11-13,20H,9-10H2,1-3H3/t13-/m1/s1. The zero-order chi connectivity index (χ0) is 18.4. The fraction of sp³-hybridized carbons (Fsp3) is 0.333. The van der Waals surface area contributed by atoms with Gasteiger partial charge in [0.05, 0.1) is 14.2 Å². The molecular formula is C18H22FNO4S. The van der Waals surface area contributed by atoms with E-state index in [4.69, 9.17) is 9.47 Å². The number of halogens is 1. The third-order valence-corrected chi connectivity index (χ3v) is 5.40. The summed E-state index contributed by atoms with van der Waals surface area (Å²) >= 11 is 0. The Morgan fingerprint density at radius 1 is 1.08 bits per heavy atom. The topological polar surface area (TPSA) is 64.6 Å². The van der Waals surface area contributed by atoms with Gasteiger partial charge in [-0.25, -0.2) is 17.5 Å². The van der Waals surface area contributed by atoms with Crippen LogP contribution in [0.4, 0.5) is 4.39 Å². The molecule has 25 heavy (non-hydrogen) atoms. The molecule has 0 spiro atoms. The number of ether oxygens (including phenoxy) is 2. The summed E-state index contributed by atoms with van der Waals surface area (Å²) in [6.45, 7) is 1.75. The van der Waals surface area contributed by atoms with E-state index in [1.54, 1.807) is 6.92 Å². The van der Waals surface area contributed by atoms with Gasteiger partial charge in [-0.3, -0.25) is 0 Å². The van der Waals surface area contributed by atoms with E-state index < -0.39 is 20.7 Å². The smallest absolute Gasteiger partial charge is 0.243 e. The number of rotatable bonds is 8. The van der Waals surface area contributed by atoms with Crippen LogP contribution in [0.3, 0.4) is 0 Å². The molecule has 2 rings (SSSR count). The van der Waals surface area contributed by atoms with Crippen molar-refractivity contribution in [3.05, 3.63) is 53.8 Å². The summed E-state index contributed by atoms with van der Waals surface area (Å²) in [4.78, 5) is -0.461. The van der Waals surface area contributed by atoms with Gasteiger partial charge in [0.2, 0.25) is 10.0 Å². The van der Waals surface area contributed by atoms with Crippen LogP contribution in [0.15, 0.2) is 47.4 Å². The summed E-state index contributed by atoms with van der Waals surface area (Å²) in [5, 5.41) is 0. The van der Waals surface area contributed by atoms with E-state index in [0.29, 0.717) is 6.42 Å². The average Bonchev–Trinajstić information content (AvgIpc) is 2.60. The lowest BCUT2D eigenvalue weighted by molar-refractivity contribution is 0.350. The van der Waals surface area contributed by atoms with Crippen molar-refractivity contribution in [1.29, 1.82) is 0 Å². The lowest BCUT2D eigenvalue weighted by Crippen LogP contribution is -2.33. The summed E-state index contributed by atoms with van der Waals surface area (Å²) in [5.41, 5.74) is 1.12. The summed E-state index contributed by atoms with van der Waals surface area (Å²) in [7, 11) is -1.29. The van der Waals surface area contributed by atoms with Gasteiger partial charge in [0.15, 0.2) is 11.5 Å². The van der Waals surface area contributed by atoms with Crippen LogP contribution >= 0.6 is 0 Å². The maximum atomic E-state index is 14.2. The number of hydrogen-bond donors (Lipinski definition) is 1. The van der Waals surface area contributed by atoms with Gasteiger partial charge in [0, 0.05) is 18.2 Å². The first kappa shape index (κ1) is 19.2. The maximum absolute atomic E-state index is 14.2. The van der Waals surface area contributed by atoms with E-state index in [1.165, 1.54) is 14.2 Å². The summed E-state index contributed by atoms with van der Waals surface area (Å²) < 4.78 is 51.7. The van der Waals surface area contributed by atoms with Gasteiger partial charge in [-0.15, -0.1) is 0 Å². The van der Waals surface area contributed by atoms with Crippen molar-refractivity contribution >= 4 is 10.0 Å².